The van der Waals surface area contributed by atoms with E-state index in [2.05, 4.69) is 10.3 Å². The lowest BCUT2D eigenvalue weighted by Gasteiger charge is -2.26. The molecule has 0 unspecified atom stereocenters. The number of hydrogen-bond acceptors (Lipinski definition) is 5. The van der Waals surface area contributed by atoms with Crippen LogP contribution in [0, 0.1) is 0 Å². The molecule has 0 aliphatic carbocycles. The van der Waals surface area contributed by atoms with Crippen molar-refractivity contribution in [1.29, 1.82) is 0 Å². The molecule has 134 valence electrons. The van der Waals surface area contributed by atoms with E-state index in [1.54, 1.807) is 35.2 Å². The van der Waals surface area contributed by atoms with Gasteiger partial charge in [-0.15, -0.1) is 0 Å². The van der Waals surface area contributed by atoms with Crippen LogP contribution in [0.15, 0.2) is 42.6 Å². The van der Waals surface area contributed by atoms with Crippen molar-refractivity contribution in [1.82, 2.24) is 9.88 Å². The minimum Gasteiger partial charge on any atom is -0.378 e. The molecule has 3 rings (SSSR count). The third-order valence-electron chi connectivity index (χ3n) is 4.06. The molecule has 0 radical (unpaired) electrons. The van der Waals surface area contributed by atoms with E-state index in [0.29, 0.717) is 43.1 Å². The largest absolute Gasteiger partial charge is 0.378 e. The number of ether oxygens (including phenoxy) is 1. The van der Waals surface area contributed by atoms with Gasteiger partial charge in [-0.25, -0.2) is 0 Å². The van der Waals surface area contributed by atoms with Crippen molar-refractivity contribution in [3.63, 3.8) is 0 Å². The molecule has 0 bridgehead atoms. The zero-order valence-electron chi connectivity index (χ0n) is 14.4. The van der Waals surface area contributed by atoms with Crippen molar-refractivity contribution in [2.24, 2.45) is 0 Å². The van der Waals surface area contributed by atoms with Crippen molar-refractivity contribution in [3.8, 4) is 0 Å². The van der Waals surface area contributed by atoms with Crippen LogP contribution < -0.4 is 5.32 Å². The standard InChI is InChI=1S/C19H19N3O4/c1-13(23)14-3-2-4-16(11-14)21-18(24)17-12-15(5-6-20-17)19(25)22-7-9-26-10-8-22/h2-6,11-12H,7-10H2,1H3,(H,21,24). The van der Waals surface area contributed by atoms with Crippen molar-refractivity contribution >= 4 is 23.3 Å². The quantitative estimate of drug-likeness (QED) is 0.850. The van der Waals surface area contributed by atoms with Crippen LogP contribution >= 0.6 is 0 Å². The van der Waals surface area contributed by atoms with E-state index in [4.69, 9.17) is 4.74 Å². The van der Waals surface area contributed by atoms with Crippen molar-refractivity contribution < 1.29 is 19.1 Å². The zero-order valence-corrected chi connectivity index (χ0v) is 14.4. The number of carbonyl (C=O) groups excluding carboxylic acids is 3. The molecule has 1 saturated heterocycles. The summed E-state index contributed by atoms with van der Waals surface area (Å²) in [6, 6.07) is 9.72. The van der Waals surface area contributed by atoms with Crippen LogP contribution in [0.2, 0.25) is 0 Å². The predicted octanol–water partition coefficient (Wildman–Crippen LogP) is 2.01. The van der Waals surface area contributed by atoms with Crippen LogP contribution in [0.4, 0.5) is 5.69 Å². The summed E-state index contributed by atoms with van der Waals surface area (Å²) in [5, 5.41) is 2.70. The van der Waals surface area contributed by atoms with E-state index in [1.165, 1.54) is 19.2 Å². The van der Waals surface area contributed by atoms with Crippen LogP contribution in [-0.2, 0) is 4.74 Å². The number of nitrogens with zero attached hydrogens (tertiary/aromatic N) is 2. The lowest BCUT2D eigenvalue weighted by Crippen LogP contribution is -2.40. The molecule has 0 spiro atoms. The average Bonchev–Trinajstić information content (AvgIpc) is 2.68. The average molecular weight is 353 g/mol. The fourth-order valence-electron chi connectivity index (χ4n) is 2.65. The second kappa shape index (κ2) is 7.88. The summed E-state index contributed by atoms with van der Waals surface area (Å²) in [7, 11) is 0. The zero-order chi connectivity index (χ0) is 18.5. The van der Waals surface area contributed by atoms with Crippen LogP contribution in [-0.4, -0.2) is 53.8 Å². The SMILES string of the molecule is CC(=O)c1cccc(NC(=O)c2cc(C(=O)N3CCOCC3)ccn2)c1. The van der Waals surface area contributed by atoms with Gasteiger partial charge in [-0.3, -0.25) is 19.4 Å². The number of nitrogens with one attached hydrogen (secondary N) is 1. The van der Waals surface area contributed by atoms with Gasteiger partial charge in [0.2, 0.25) is 0 Å². The third kappa shape index (κ3) is 4.12. The third-order valence-corrected chi connectivity index (χ3v) is 4.06. The maximum atomic E-state index is 12.5. The van der Waals surface area contributed by atoms with Crippen molar-refractivity contribution in [2.45, 2.75) is 6.92 Å². The first-order valence-corrected chi connectivity index (χ1v) is 8.30. The number of morpholine rings is 1. The first-order chi connectivity index (χ1) is 12.5. The number of amides is 2. The maximum Gasteiger partial charge on any atom is 0.274 e. The van der Waals surface area contributed by atoms with E-state index >= 15 is 0 Å². The molecule has 2 amide bonds. The number of benzene rings is 1. The highest BCUT2D eigenvalue weighted by Gasteiger charge is 2.20. The molecule has 1 fully saturated rings. The number of hydrogen-bond donors (Lipinski definition) is 1. The first kappa shape index (κ1) is 17.8. The predicted molar refractivity (Wildman–Crippen MR) is 95.4 cm³/mol. The fraction of sp³-hybridized carbons (Fsp3) is 0.263. The van der Waals surface area contributed by atoms with Gasteiger partial charge in [0, 0.05) is 36.1 Å². The summed E-state index contributed by atoms with van der Waals surface area (Å²) in [6.07, 6.45) is 1.44. The summed E-state index contributed by atoms with van der Waals surface area (Å²) < 4.78 is 5.25. The van der Waals surface area contributed by atoms with Gasteiger partial charge in [-0.05, 0) is 31.2 Å². The summed E-state index contributed by atoms with van der Waals surface area (Å²) in [5.74, 6) is -0.678. The van der Waals surface area contributed by atoms with Crippen LogP contribution in [0.3, 0.4) is 0 Å². The lowest BCUT2D eigenvalue weighted by atomic mass is 10.1. The van der Waals surface area contributed by atoms with Crippen molar-refractivity contribution in [3.05, 3.63) is 59.4 Å². The molecule has 1 aliphatic heterocycles. The molecule has 0 saturated carbocycles. The van der Waals surface area contributed by atoms with Gasteiger partial charge in [0.05, 0.1) is 13.2 Å². The molecule has 2 heterocycles. The summed E-state index contributed by atoms with van der Waals surface area (Å²) in [4.78, 5) is 42.2. The minimum atomic E-state index is -0.442. The van der Waals surface area contributed by atoms with Gasteiger partial charge in [0.1, 0.15) is 5.69 Å². The van der Waals surface area contributed by atoms with Gasteiger partial charge >= 0.3 is 0 Å². The van der Waals surface area contributed by atoms with Crippen molar-refractivity contribution in [2.75, 3.05) is 31.6 Å². The highest BCUT2D eigenvalue weighted by Crippen LogP contribution is 2.14. The fourth-order valence-corrected chi connectivity index (χ4v) is 2.65. The maximum absolute atomic E-state index is 12.5. The normalized spacial score (nSPS) is 14.0. The summed E-state index contributed by atoms with van der Waals surface area (Å²) >= 11 is 0. The Morgan fingerprint density at radius 1 is 1.08 bits per heavy atom. The van der Waals surface area contributed by atoms with Gasteiger partial charge in [-0.2, -0.15) is 0 Å². The van der Waals surface area contributed by atoms with E-state index in [1.807, 2.05) is 0 Å². The minimum absolute atomic E-state index is 0.0858. The molecule has 7 nitrogen and oxygen atoms in total. The van der Waals surface area contributed by atoms with Crippen LogP contribution in [0.1, 0.15) is 38.1 Å². The summed E-state index contributed by atoms with van der Waals surface area (Å²) in [5.41, 5.74) is 1.54. The highest BCUT2D eigenvalue weighted by molar-refractivity contribution is 6.05. The first-order valence-electron chi connectivity index (χ1n) is 8.30. The molecule has 26 heavy (non-hydrogen) atoms. The molecule has 7 heteroatoms. The Labute approximate surface area is 151 Å². The monoisotopic (exact) mass is 353 g/mol. The molecule has 1 aliphatic rings. The smallest absolute Gasteiger partial charge is 0.274 e. The van der Waals surface area contributed by atoms with Crippen LogP contribution in [0.25, 0.3) is 0 Å². The number of carbonyl (C=O) groups is 3. The van der Waals surface area contributed by atoms with E-state index in [9.17, 15) is 14.4 Å². The Bertz CT molecular complexity index is 844. The van der Waals surface area contributed by atoms with E-state index < -0.39 is 5.91 Å². The Morgan fingerprint density at radius 2 is 1.85 bits per heavy atom. The van der Waals surface area contributed by atoms with Gasteiger partial charge in [0.15, 0.2) is 5.78 Å². The Hall–Kier alpha value is -3.06. The van der Waals surface area contributed by atoms with E-state index in [0.717, 1.165) is 0 Å². The molecular weight excluding hydrogens is 334 g/mol. The van der Waals surface area contributed by atoms with E-state index in [-0.39, 0.29) is 17.4 Å². The number of rotatable bonds is 4. The molecule has 1 aromatic heterocycles. The Morgan fingerprint density at radius 3 is 2.58 bits per heavy atom. The molecule has 2 aromatic rings. The van der Waals surface area contributed by atoms with Crippen LogP contribution in [0.5, 0.6) is 0 Å². The number of aromatic nitrogens is 1. The van der Waals surface area contributed by atoms with Gasteiger partial charge < -0.3 is 15.0 Å². The second-order valence-electron chi connectivity index (χ2n) is 5.93. The molecular formula is C19H19N3O4. The Balaban J connectivity index is 1.75. The number of Topliss-reactive ketones (excluding diaryl/α,β-unsaturated/α-hetero) is 1. The highest BCUT2D eigenvalue weighted by atomic mass is 16.5. The van der Waals surface area contributed by atoms with Gasteiger partial charge in [-0.1, -0.05) is 12.1 Å². The number of anilines is 1. The number of pyridine rings is 1. The lowest BCUT2D eigenvalue weighted by molar-refractivity contribution is 0.0303. The molecule has 0 atom stereocenters. The Kier molecular flexibility index (Phi) is 5.38. The topological polar surface area (TPSA) is 88.6 Å². The van der Waals surface area contributed by atoms with Gasteiger partial charge in [0.25, 0.3) is 11.8 Å². The summed E-state index contributed by atoms with van der Waals surface area (Å²) in [6.45, 7) is 3.54. The molecule has 1 N–H and O–H groups in total. The second-order valence-corrected chi connectivity index (χ2v) is 5.93. The molecule has 1 aromatic carbocycles. The number of ketones is 1.